The average Bonchev–Trinajstić information content (AvgIpc) is 2.97. The second-order valence-corrected chi connectivity index (χ2v) is 8.97. The Morgan fingerprint density at radius 3 is 2.34 bits per heavy atom. The number of nitrogens with one attached hydrogen (secondary N) is 2. The molecule has 8 heteroatoms. The highest BCUT2D eigenvalue weighted by molar-refractivity contribution is 5.79. The monoisotopic (exact) mass is 515 g/mol. The first-order valence-corrected chi connectivity index (χ1v) is 12.6. The fourth-order valence-corrected chi connectivity index (χ4v) is 4.77. The molecule has 2 N–H and O–H groups in total. The molecule has 0 aliphatic carbocycles. The molecule has 2 atom stereocenters. The molecule has 0 radical (unpaired) electrons. The largest absolute Gasteiger partial charge is 0.496 e. The van der Waals surface area contributed by atoms with E-state index in [1.807, 2.05) is 60.7 Å². The number of carbonyl (C=O) groups excluding carboxylic acids is 1. The van der Waals surface area contributed by atoms with Crippen LogP contribution in [0.5, 0.6) is 11.5 Å². The van der Waals surface area contributed by atoms with E-state index in [-0.39, 0.29) is 18.5 Å². The highest BCUT2D eigenvalue weighted by Gasteiger charge is 2.44. The van der Waals surface area contributed by atoms with Crippen LogP contribution in [0.3, 0.4) is 0 Å². The minimum atomic E-state index is -0.956. The SMILES string of the molecule is COc1ccccc1COCCCOc1ccc(C(OC)(c2ccc(C#N)cc2)C2CNCC(=O)N2)cc1. The molecular formula is C30H33N3O5. The Morgan fingerprint density at radius 1 is 0.974 bits per heavy atom. The Bertz CT molecular complexity index is 1240. The third kappa shape index (κ3) is 6.14. The third-order valence-corrected chi connectivity index (χ3v) is 6.66. The van der Waals surface area contributed by atoms with E-state index in [0.29, 0.717) is 31.9 Å². The molecule has 0 spiro atoms. The van der Waals surface area contributed by atoms with Crippen molar-refractivity contribution in [3.63, 3.8) is 0 Å². The van der Waals surface area contributed by atoms with Crippen molar-refractivity contribution in [2.75, 3.05) is 40.5 Å². The van der Waals surface area contributed by atoms with Crippen molar-refractivity contribution >= 4 is 5.91 Å². The van der Waals surface area contributed by atoms with Crippen LogP contribution in [0, 0.1) is 11.3 Å². The number of benzene rings is 3. The lowest BCUT2D eigenvalue weighted by Crippen LogP contribution is -2.62. The van der Waals surface area contributed by atoms with Crippen LogP contribution in [0.2, 0.25) is 0 Å². The van der Waals surface area contributed by atoms with E-state index in [9.17, 15) is 10.1 Å². The second-order valence-electron chi connectivity index (χ2n) is 8.97. The van der Waals surface area contributed by atoms with Gasteiger partial charge >= 0.3 is 0 Å². The van der Waals surface area contributed by atoms with Crippen LogP contribution in [-0.2, 0) is 26.5 Å². The van der Waals surface area contributed by atoms with Gasteiger partial charge in [-0.3, -0.25) is 4.79 Å². The van der Waals surface area contributed by atoms with E-state index >= 15 is 0 Å². The number of carbonyl (C=O) groups is 1. The number of para-hydroxylation sites is 1. The van der Waals surface area contributed by atoms with Gasteiger partial charge in [0.1, 0.15) is 17.1 Å². The van der Waals surface area contributed by atoms with Crippen LogP contribution in [0.25, 0.3) is 0 Å². The van der Waals surface area contributed by atoms with E-state index in [4.69, 9.17) is 18.9 Å². The average molecular weight is 516 g/mol. The number of nitriles is 1. The molecule has 1 amide bonds. The fourth-order valence-electron chi connectivity index (χ4n) is 4.77. The Hall–Kier alpha value is -3.90. The molecule has 0 bridgehead atoms. The smallest absolute Gasteiger partial charge is 0.234 e. The Balaban J connectivity index is 1.41. The zero-order valence-corrected chi connectivity index (χ0v) is 21.7. The summed E-state index contributed by atoms with van der Waals surface area (Å²) in [4.78, 5) is 12.3. The van der Waals surface area contributed by atoms with E-state index < -0.39 is 5.60 Å². The number of hydrogen-bond donors (Lipinski definition) is 2. The predicted molar refractivity (Wildman–Crippen MR) is 143 cm³/mol. The molecule has 1 aliphatic heterocycles. The predicted octanol–water partition coefficient (Wildman–Crippen LogP) is 3.53. The summed E-state index contributed by atoms with van der Waals surface area (Å²) in [6.45, 7) is 2.36. The molecule has 1 aliphatic rings. The number of rotatable bonds is 12. The summed E-state index contributed by atoms with van der Waals surface area (Å²) in [6, 6.07) is 24.6. The molecule has 1 heterocycles. The summed E-state index contributed by atoms with van der Waals surface area (Å²) < 4.78 is 23.3. The maximum atomic E-state index is 12.3. The summed E-state index contributed by atoms with van der Waals surface area (Å²) in [6.07, 6.45) is 0.740. The summed E-state index contributed by atoms with van der Waals surface area (Å²) >= 11 is 0. The maximum absolute atomic E-state index is 12.3. The molecule has 4 rings (SSSR count). The summed E-state index contributed by atoms with van der Waals surface area (Å²) in [5.74, 6) is 1.46. The van der Waals surface area contributed by atoms with Crippen LogP contribution >= 0.6 is 0 Å². The number of methoxy groups -OCH3 is 2. The lowest BCUT2D eigenvalue weighted by molar-refractivity contribution is -0.125. The first-order chi connectivity index (χ1) is 18.6. The van der Waals surface area contributed by atoms with Gasteiger partial charge in [0.25, 0.3) is 0 Å². The Morgan fingerprint density at radius 2 is 1.68 bits per heavy atom. The zero-order valence-electron chi connectivity index (χ0n) is 21.7. The fraction of sp³-hybridized carbons (Fsp3) is 0.333. The molecule has 38 heavy (non-hydrogen) atoms. The molecule has 3 aromatic rings. The first-order valence-electron chi connectivity index (χ1n) is 12.6. The number of hydrogen-bond acceptors (Lipinski definition) is 7. The van der Waals surface area contributed by atoms with Crippen molar-refractivity contribution in [3.05, 3.63) is 95.1 Å². The van der Waals surface area contributed by atoms with E-state index in [0.717, 1.165) is 34.6 Å². The quantitative estimate of drug-likeness (QED) is 0.356. The van der Waals surface area contributed by atoms with Gasteiger partial charge in [0, 0.05) is 25.6 Å². The van der Waals surface area contributed by atoms with E-state index in [1.54, 1.807) is 26.4 Å². The Kier molecular flexibility index (Phi) is 9.33. The van der Waals surface area contributed by atoms with Crippen molar-refractivity contribution in [2.24, 2.45) is 0 Å². The van der Waals surface area contributed by atoms with Crippen LogP contribution in [0.15, 0.2) is 72.8 Å². The lowest BCUT2D eigenvalue weighted by atomic mass is 9.78. The third-order valence-electron chi connectivity index (χ3n) is 6.66. The number of nitrogens with zero attached hydrogens (tertiary/aromatic N) is 1. The summed E-state index contributed by atoms with van der Waals surface area (Å²) in [7, 11) is 3.29. The summed E-state index contributed by atoms with van der Waals surface area (Å²) in [5.41, 5.74) is 2.32. The van der Waals surface area contributed by atoms with Gasteiger partial charge in [0.15, 0.2) is 0 Å². The van der Waals surface area contributed by atoms with Gasteiger partial charge in [-0.2, -0.15) is 5.26 Å². The van der Waals surface area contributed by atoms with Gasteiger partial charge in [-0.15, -0.1) is 0 Å². The molecule has 0 aromatic heterocycles. The van der Waals surface area contributed by atoms with Gasteiger partial charge in [-0.1, -0.05) is 42.5 Å². The number of amides is 1. The zero-order chi connectivity index (χ0) is 26.8. The second kappa shape index (κ2) is 13.1. The van der Waals surface area contributed by atoms with E-state index in [1.165, 1.54) is 0 Å². The molecule has 1 fully saturated rings. The van der Waals surface area contributed by atoms with Crippen molar-refractivity contribution in [3.8, 4) is 17.6 Å². The molecule has 1 saturated heterocycles. The topological polar surface area (TPSA) is 102 Å². The van der Waals surface area contributed by atoms with Gasteiger partial charge in [0.05, 0.1) is 51.1 Å². The molecule has 198 valence electrons. The minimum Gasteiger partial charge on any atom is -0.496 e. The van der Waals surface area contributed by atoms with E-state index in [2.05, 4.69) is 16.7 Å². The van der Waals surface area contributed by atoms with Crippen LogP contribution in [0.1, 0.15) is 28.7 Å². The summed E-state index contributed by atoms with van der Waals surface area (Å²) in [5, 5.41) is 15.5. The van der Waals surface area contributed by atoms with Crippen molar-refractivity contribution in [1.82, 2.24) is 10.6 Å². The van der Waals surface area contributed by atoms with Crippen molar-refractivity contribution in [2.45, 2.75) is 24.7 Å². The van der Waals surface area contributed by atoms with Gasteiger partial charge in [-0.05, 0) is 41.5 Å². The number of ether oxygens (including phenoxy) is 4. The molecular weight excluding hydrogens is 482 g/mol. The first kappa shape index (κ1) is 27.1. The highest BCUT2D eigenvalue weighted by atomic mass is 16.5. The van der Waals surface area contributed by atoms with Crippen molar-refractivity contribution in [1.29, 1.82) is 5.26 Å². The van der Waals surface area contributed by atoms with Crippen LogP contribution in [-0.4, -0.2) is 52.5 Å². The number of piperazine rings is 1. The molecule has 0 saturated carbocycles. The lowest BCUT2D eigenvalue weighted by Gasteiger charge is -2.42. The normalized spacial score (nSPS) is 16.7. The van der Waals surface area contributed by atoms with Crippen LogP contribution < -0.4 is 20.1 Å². The van der Waals surface area contributed by atoms with Gasteiger partial charge < -0.3 is 29.6 Å². The Labute approximate surface area is 223 Å². The maximum Gasteiger partial charge on any atom is 0.234 e. The molecule has 2 unspecified atom stereocenters. The minimum absolute atomic E-state index is 0.0933. The molecule has 8 nitrogen and oxygen atoms in total. The molecule has 3 aromatic carbocycles. The standard InChI is InChI=1S/C30H33N3O5/c1-35-27-7-4-3-6-23(27)21-37-16-5-17-38-26-14-12-25(13-15-26)30(36-2,28-19-32-20-29(34)33-28)24-10-8-22(18-31)9-11-24/h3-4,6-15,28,32H,5,16-17,19-21H2,1-2H3,(H,33,34). The van der Waals surface area contributed by atoms with Gasteiger partial charge in [-0.25, -0.2) is 0 Å². The van der Waals surface area contributed by atoms with Gasteiger partial charge in [0.2, 0.25) is 5.91 Å². The highest BCUT2D eigenvalue weighted by Crippen LogP contribution is 2.38. The van der Waals surface area contributed by atoms with Crippen molar-refractivity contribution < 1.29 is 23.7 Å². The van der Waals surface area contributed by atoms with Crippen LogP contribution in [0.4, 0.5) is 0 Å².